The molecule has 0 spiro atoms. The van der Waals surface area contributed by atoms with Crippen molar-refractivity contribution in [1.82, 2.24) is 0 Å². The smallest absolute Gasteiger partial charge is 0.135 e. The summed E-state index contributed by atoms with van der Waals surface area (Å²) in [6, 6.07) is 81.8. The van der Waals surface area contributed by atoms with Gasteiger partial charge in [-0.15, -0.1) is 0 Å². The third kappa shape index (κ3) is 7.14. The molecule has 276 valence electrons. The summed E-state index contributed by atoms with van der Waals surface area (Å²) in [7, 11) is 0. The minimum atomic E-state index is 0.878. The number of hydrogen-bond acceptors (Lipinski definition) is 4. The molecule has 0 aliphatic rings. The summed E-state index contributed by atoms with van der Waals surface area (Å²) in [5.41, 5.74) is 13.0. The second-order valence-electron chi connectivity index (χ2n) is 14.2. The van der Waals surface area contributed by atoms with E-state index in [9.17, 15) is 0 Å². The van der Waals surface area contributed by atoms with Crippen LogP contribution in [0.3, 0.4) is 0 Å². The number of para-hydroxylation sites is 2. The molecule has 0 bridgehead atoms. The highest BCUT2D eigenvalue weighted by molar-refractivity contribution is 7.99. The highest BCUT2D eigenvalue weighted by atomic mass is 32.2. The van der Waals surface area contributed by atoms with E-state index in [2.05, 4.69) is 228 Å². The van der Waals surface area contributed by atoms with Gasteiger partial charge in [0.25, 0.3) is 0 Å². The van der Waals surface area contributed by atoms with Crippen LogP contribution in [0.25, 0.3) is 44.2 Å². The van der Waals surface area contributed by atoms with E-state index in [-0.39, 0.29) is 0 Å². The maximum atomic E-state index is 6.24. The number of fused-ring (bicyclic) bond motifs is 3. The third-order valence-corrected chi connectivity index (χ3v) is 11.4. The van der Waals surface area contributed by atoms with Gasteiger partial charge in [-0.25, -0.2) is 0 Å². The average molecular weight is 763 g/mol. The quantitative estimate of drug-likeness (QED) is 0.138. The van der Waals surface area contributed by atoms with Crippen molar-refractivity contribution in [3.05, 3.63) is 231 Å². The van der Waals surface area contributed by atoms with Crippen LogP contribution < -0.4 is 9.80 Å². The maximum Gasteiger partial charge on any atom is 0.135 e. The number of benzene rings is 9. The number of anilines is 6. The number of hydrogen-bond donors (Lipinski definition) is 0. The largest absolute Gasteiger partial charge is 0.456 e. The van der Waals surface area contributed by atoms with Crippen molar-refractivity contribution >= 4 is 67.8 Å². The summed E-state index contributed by atoms with van der Waals surface area (Å²) >= 11 is 1.77. The van der Waals surface area contributed by atoms with Gasteiger partial charge in [0.05, 0.1) is 0 Å². The van der Waals surface area contributed by atoms with Crippen LogP contribution in [0.1, 0.15) is 0 Å². The monoisotopic (exact) mass is 762 g/mol. The SMILES string of the molecule is c1ccc(-c2cccc(N(c3ccccc3)c3cccc(Sc4cccc(N(c5cccc(-c6ccccc6)c5)c5ccc6oc7ccccc7c6c5)c4)c3)c2)cc1. The lowest BCUT2D eigenvalue weighted by Crippen LogP contribution is -2.10. The Morgan fingerprint density at radius 3 is 1.28 bits per heavy atom. The number of rotatable bonds is 10. The molecule has 58 heavy (non-hydrogen) atoms. The Morgan fingerprint density at radius 1 is 0.276 bits per heavy atom. The zero-order valence-electron chi connectivity index (χ0n) is 31.7. The molecular formula is C54H38N2OS. The van der Waals surface area contributed by atoms with Crippen molar-refractivity contribution in [1.29, 1.82) is 0 Å². The average Bonchev–Trinajstić information content (AvgIpc) is 3.66. The first-order chi connectivity index (χ1) is 28.7. The van der Waals surface area contributed by atoms with Gasteiger partial charge in [0.2, 0.25) is 0 Å². The van der Waals surface area contributed by atoms with Gasteiger partial charge in [0.15, 0.2) is 0 Å². The molecular weight excluding hydrogens is 725 g/mol. The van der Waals surface area contributed by atoms with E-state index in [4.69, 9.17) is 4.42 Å². The van der Waals surface area contributed by atoms with Gasteiger partial charge >= 0.3 is 0 Å². The zero-order chi connectivity index (χ0) is 38.7. The molecule has 10 aromatic rings. The molecule has 0 radical (unpaired) electrons. The molecule has 0 N–H and O–H groups in total. The van der Waals surface area contributed by atoms with E-state index < -0.39 is 0 Å². The van der Waals surface area contributed by atoms with Crippen molar-refractivity contribution in [2.24, 2.45) is 0 Å². The zero-order valence-corrected chi connectivity index (χ0v) is 32.5. The Morgan fingerprint density at radius 2 is 0.690 bits per heavy atom. The summed E-state index contributed by atoms with van der Waals surface area (Å²) < 4.78 is 6.24. The fourth-order valence-corrected chi connectivity index (χ4v) is 8.67. The van der Waals surface area contributed by atoms with E-state index >= 15 is 0 Å². The van der Waals surface area contributed by atoms with Crippen molar-refractivity contribution in [3.63, 3.8) is 0 Å². The summed E-state index contributed by atoms with van der Waals surface area (Å²) in [5.74, 6) is 0. The molecule has 0 fully saturated rings. The highest BCUT2D eigenvalue weighted by Crippen LogP contribution is 2.43. The minimum Gasteiger partial charge on any atom is -0.456 e. The Kier molecular flexibility index (Phi) is 9.52. The molecule has 9 aromatic carbocycles. The van der Waals surface area contributed by atoms with Gasteiger partial charge in [-0.05, 0) is 119 Å². The minimum absolute atomic E-state index is 0.878. The Bertz CT molecular complexity index is 3000. The summed E-state index contributed by atoms with van der Waals surface area (Å²) in [6.45, 7) is 0. The van der Waals surface area contributed by atoms with E-state index in [1.807, 2.05) is 12.1 Å². The molecule has 0 atom stereocenters. The first kappa shape index (κ1) is 35.2. The second kappa shape index (κ2) is 15.7. The predicted octanol–water partition coefficient (Wildman–Crippen LogP) is 16.0. The lowest BCUT2D eigenvalue weighted by atomic mass is 10.0. The lowest BCUT2D eigenvalue weighted by molar-refractivity contribution is 0.669. The molecule has 0 aliphatic carbocycles. The van der Waals surface area contributed by atoms with Crippen LogP contribution in [-0.2, 0) is 0 Å². The lowest BCUT2D eigenvalue weighted by Gasteiger charge is -2.27. The Hall–Kier alpha value is -7.27. The van der Waals surface area contributed by atoms with Crippen LogP contribution in [-0.4, -0.2) is 0 Å². The van der Waals surface area contributed by atoms with Crippen molar-refractivity contribution < 1.29 is 4.42 Å². The fourth-order valence-electron chi connectivity index (χ4n) is 7.74. The first-order valence-electron chi connectivity index (χ1n) is 19.5. The second-order valence-corrected chi connectivity index (χ2v) is 15.4. The van der Waals surface area contributed by atoms with E-state index in [1.165, 1.54) is 16.7 Å². The molecule has 10 rings (SSSR count). The fraction of sp³-hybridized carbons (Fsp3) is 0. The normalized spacial score (nSPS) is 11.2. The third-order valence-electron chi connectivity index (χ3n) is 10.4. The van der Waals surface area contributed by atoms with E-state index in [0.717, 1.165) is 71.4 Å². The van der Waals surface area contributed by atoms with Crippen molar-refractivity contribution in [2.75, 3.05) is 9.80 Å². The molecule has 0 amide bonds. The van der Waals surface area contributed by atoms with Gasteiger partial charge in [-0.2, -0.15) is 0 Å². The van der Waals surface area contributed by atoms with Crippen LogP contribution in [0.5, 0.6) is 0 Å². The van der Waals surface area contributed by atoms with E-state index in [1.54, 1.807) is 11.8 Å². The molecule has 3 nitrogen and oxygen atoms in total. The maximum absolute atomic E-state index is 6.24. The standard InChI is InChI=1S/C54H38N2OS/c1-4-16-39(17-5-1)41-20-12-24-44(34-41)55(43-22-8-3-9-23-43)46-26-14-28-49(36-46)58-50-29-15-27-47(37-50)56(45-25-13-21-42(35-45)40-18-6-2-7-19-40)48-32-33-54-52(38-48)51-30-10-11-31-53(51)57-54/h1-38H. The van der Waals surface area contributed by atoms with Crippen LogP contribution in [0.4, 0.5) is 34.1 Å². The van der Waals surface area contributed by atoms with Crippen LogP contribution in [0, 0.1) is 0 Å². The highest BCUT2D eigenvalue weighted by Gasteiger charge is 2.18. The van der Waals surface area contributed by atoms with Gasteiger partial charge in [-0.3, -0.25) is 0 Å². The van der Waals surface area contributed by atoms with Gasteiger partial charge in [-0.1, -0.05) is 145 Å². The Balaban J connectivity index is 1.03. The van der Waals surface area contributed by atoms with Gasteiger partial charge < -0.3 is 14.2 Å². The number of furan rings is 1. The first-order valence-corrected chi connectivity index (χ1v) is 20.3. The van der Waals surface area contributed by atoms with Gasteiger partial charge in [0.1, 0.15) is 11.2 Å². The molecule has 4 heteroatoms. The summed E-state index contributed by atoms with van der Waals surface area (Å²) in [6.07, 6.45) is 0. The summed E-state index contributed by atoms with van der Waals surface area (Å²) in [4.78, 5) is 6.99. The molecule has 0 saturated carbocycles. The van der Waals surface area contributed by atoms with E-state index in [0.29, 0.717) is 0 Å². The Labute approximate surface area is 343 Å². The molecule has 1 heterocycles. The van der Waals surface area contributed by atoms with Crippen LogP contribution in [0.15, 0.2) is 245 Å². The predicted molar refractivity (Wildman–Crippen MR) is 245 cm³/mol. The molecule has 1 aromatic heterocycles. The molecule has 0 saturated heterocycles. The topological polar surface area (TPSA) is 19.6 Å². The van der Waals surface area contributed by atoms with Gasteiger partial charge in [0, 0.05) is 54.7 Å². The van der Waals surface area contributed by atoms with Crippen molar-refractivity contribution in [2.45, 2.75) is 9.79 Å². The van der Waals surface area contributed by atoms with Crippen LogP contribution in [0.2, 0.25) is 0 Å². The number of nitrogens with zero attached hydrogens (tertiary/aromatic N) is 2. The summed E-state index contributed by atoms with van der Waals surface area (Å²) in [5, 5.41) is 2.20. The van der Waals surface area contributed by atoms with Crippen molar-refractivity contribution in [3.8, 4) is 22.3 Å². The molecule has 0 unspecified atom stereocenters. The molecule has 0 aliphatic heterocycles. The van der Waals surface area contributed by atoms with Crippen LogP contribution >= 0.6 is 11.8 Å².